The highest BCUT2D eigenvalue weighted by molar-refractivity contribution is 5.48. The number of piperidine rings is 2. The number of likely N-dealkylation sites (tertiary alicyclic amines) is 1. The van der Waals surface area contributed by atoms with E-state index in [-0.39, 0.29) is 0 Å². The van der Waals surface area contributed by atoms with Crippen LogP contribution in [0.2, 0.25) is 0 Å². The predicted molar refractivity (Wildman–Crippen MR) is 76.4 cm³/mol. The van der Waals surface area contributed by atoms with Gasteiger partial charge in [0.25, 0.3) is 0 Å². The zero-order chi connectivity index (χ0) is 12.2. The Labute approximate surface area is 110 Å². The van der Waals surface area contributed by atoms with Crippen LogP contribution in [0.25, 0.3) is 6.08 Å². The van der Waals surface area contributed by atoms with Gasteiger partial charge in [-0.3, -0.25) is 4.90 Å². The molecule has 2 saturated heterocycles. The molecule has 1 aromatic rings. The van der Waals surface area contributed by atoms with Gasteiger partial charge in [0.2, 0.25) is 0 Å². The van der Waals surface area contributed by atoms with Crippen molar-refractivity contribution in [1.29, 1.82) is 0 Å². The first-order valence-electron chi connectivity index (χ1n) is 7.05. The lowest BCUT2D eigenvalue weighted by atomic mass is 9.86. The summed E-state index contributed by atoms with van der Waals surface area (Å²) in [4.78, 5) is 2.61. The smallest absolute Gasteiger partial charge is 0.0166 e. The zero-order valence-electron chi connectivity index (χ0n) is 10.9. The van der Waals surface area contributed by atoms with E-state index in [2.05, 4.69) is 52.7 Å². The van der Waals surface area contributed by atoms with E-state index < -0.39 is 0 Å². The number of hydrogen-bond donors (Lipinski definition) is 1. The molecule has 1 N–H and O–H groups in total. The number of rotatable bonds is 3. The van der Waals surface area contributed by atoms with Crippen molar-refractivity contribution in [2.75, 3.05) is 32.7 Å². The molecule has 2 unspecified atom stereocenters. The van der Waals surface area contributed by atoms with Crippen LogP contribution >= 0.6 is 0 Å². The summed E-state index contributed by atoms with van der Waals surface area (Å²) >= 11 is 0. The number of nitrogens with one attached hydrogen (secondary N) is 1. The van der Waals surface area contributed by atoms with E-state index in [1.54, 1.807) is 0 Å². The normalized spacial score (nSPS) is 28.7. The van der Waals surface area contributed by atoms with Crippen molar-refractivity contribution in [1.82, 2.24) is 10.2 Å². The summed E-state index contributed by atoms with van der Waals surface area (Å²) in [5, 5.41) is 3.54. The quantitative estimate of drug-likeness (QED) is 0.874. The van der Waals surface area contributed by atoms with Crippen LogP contribution in [0.1, 0.15) is 12.0 Å². The van der Waals surface area contributed by atoms with E-state index in [0.717, 1.165) is 18.4 Å². The summed E-state index contributed by atoms with van der Waals surface area (Å²) in [6, 6.07) is 10.6. The Balaban J connectivity index is 1.53. The molecule has 18 heavy (non-hydrogen) atoms. The van der Waals surface area contributed by atoms with Gasteiger partial charge >= 0.3 is 0 Å². The summed E-state index contributed by atoms with van der Waals surface area (Å²) in [7, 11) is 0. The molecule has 0 amide bonds. The summed E-state index contributed by atoms with van der Waals surface area (Å²) < 4.78 is 0. The second-order valence-electron chi connectivity index (χ2n) is 5.66. The highest BCUT2D eigenvalue weighted by Crippen LogP contribution is 2.24. The van der Waals surface area contributed by atoms with Gasteiger partial charge in [0.15, 0.2) is 0 Å². The molecule has 0 spiro atoms. The standard InChI is InChI=1S/C16H22N2/c1-2-5-14(6-3-1)7-4-8-18-12-15-9-16(13-18)11-17-10-15/h1-7,15-17H,8-13H2. The molecule has 2 aliphatic heterocycles. The van der Waals surface area contributed by atoms with Gasteiger partial charge < -0.3 is 5.32 Å². The first-order valence-corrected chi connectivity index (χ1v) is 7.05. The van der Waals surface area contributed by atoms with Crippen molar-refractivity contribution in [3.8, 4) is 0 Å². The van der Waals surface area contributed by atoms with E-state index in [1.807, 2.05) is 0 Å². The first-order chi connectivity index (χ1) is 8.90. The molecule has 2 bridgehead atoms. The summed E-state index contributed by atoms with van der Waals surface area (Å²) in [6.45, 7) is 6.07. The van der Waals surface area contributed by atoms with Crippen LogP contribution in [0.15, 0.2) is 36.4 Å². The Morgan fingerprint density at radius 3 is 2.56 bits per heavy atom. The Morgan fingerprint density at radius 2 is 1.83 bits per heavy atom. The van der Waals surface area contributed by atoms with Gasteiger partial charge in [-0.25, -0.2) is 0 Å². The summed E-state index contributed by atoms with van der Waals surface area (Å²) in [6.07, 6.45) is 5.98. The maximum Gasteiger partial charge on any atom is 0.0166 e. The molecular formula is C16H22N2. The molecule has 3 rings (SSSR count). The molecule has 2 fully saturated rings. The van der Waals surface area contributed by atoms with E-state index >= 15 is 0 Å². The van der Waals surface area contributed by atoms with Gasteiger partial charge in [-0.1, -0.05) is 42.5 Å². The van der Waals surface area contributed by atoms with Gasteiger partial charge in [0.05, 0.1) is 0 Å². The van der Waals surface area contributed by atoms with Crippen LogP contribution in [0.4, 0.5) is 0 Å². The first kappa shape index (κ1) is 11.9. The third kappa shape index (κ3) is 3.01. The van der Waals surface area contributed by atoms with Crippen LogP contribution in [0.3, 0.4) is 0 Å². The lowest BCUT2D eigenvalue weighted by molar-refractivity contribution is 0.108. The topological polar surface area (TPSA) is 15.3 Å². The lowest BCUT2D eigenvalue weighted by Gasteiger charge is -2.41. The third-order valence-corrected chi connectivity index (χ3v) is 4.04. The fraction of sp³-hybridized carbons (Fsp3) is 0.500. The molecule has 2 aliphatic rings. The number of benzene rings is 1. The van der Waals surface area contributed by atoms with Gasteiger partial charge in [0, 0.05) is 19.6 Å². The van der Waals surface area contributed by atoms with E-state index in [1.165, 1.54) is 38.2 Å². The van der Waals surface area contributed by atoms with Crippen molar-refractivity contribution in [2.24, 2.45) is 11.8 Å². The van der Waals surface area contributed by atoms with Gasteiger partial charge in [-0.15, -0.1) is 0 Å². The van der Waals surface area contributed by atoms with Crippen molar-refractivity contribution >= 4 is 6.08 Å². The maximum atomic E-state index is 3.54. The molecule has 2 nitrogen and oxygen atoms in total. The molecule has 2 atom stereocenters. The second kappa shape index (κ2) is 5.68. The molecule has 0 aromatic heterocycles. The van der Waals surface area contributed by atoms with Crippen molar-refractivity contribution in [3.05, 3.63) is 42.0 Å². The fourth-order valence-corrected chi connectivity index (χ4v) is 3.26. The summed E-state index contributed by atoms with van der Waals surface area (Å²) in [5.74, 6) is 1.75. The minimum atomic E-state index is 0.877. The van der Waals surface area contributed by atoms with Crippen molar-refractivity contribution < 1.29 is 0 Å². The summed E-state index contributed by atoms with van der Waals surface area (Å²) in [5.41, 5.74) is 1.30. The second-order valence-corrected chi connectivity index (χ2v) is 5.66. The Hall–Kier alpha value is -1.12. The van der Waals surface area contributed by atoms with Crippen LogP contribution in [-0.2, 0) is 0 Å². The zero-order valence-corrected chi connectivity index (χ0v) is 10.9. The lowest BCUT2D eigenvalue weighted by Crippen LogP contribution is -2.50. The molecule has 0 radical (unpaired) electrons. The van der Waals surface area contributed by atoms with Gasteiger partial charge in [-0.2, -0.15) is 0 Å². The molecule has 96 valence electrons. The number of fused-ring (bicyclic) bond motifs is 2. The molecule has 2 heteroatoms. The van der Waals surface area contributed by atoms with E-state index in [4.69, 9.17) is 0 Å². The highest BCUT2D eigenvalue weighted by Gasteiger charge is 2.29. The van der Waals surface area contributed by atoms with Gasteiger partial charge in [-0.05, 0) is 36.9 Å². The average Bonchev–Trinajstić information content (AvgIpc) is 2.40. The molecule has 0 saturated carbocycles. The number of hydrogen-bond acceptors (Lipinski definition) is 2. The number of nitrogens with zero attached hydrogens (tertiary/aromatic N) is 1. The molecular weight excluding hydrogens is 220 g/mol. The SMILES string of the molecule is C(=Cc1ccccc1)CN1CC2CNCC(C2)C1. The van der Waals surface area contributed by atoms with Crippen LogP contribution < -0.4 is 5.32 Å². The van der Waals surface area contributed by atoms with Gasteiger partial charge in [0.1, 0.15) is 0 Å². The van der Waals surface area contributed by atoms with E-state index in [9.17, 15) is 0 Å². The molecule has 0 aliphatic carbocycles. The van der Waals surface area contributed by atoms with Crippen LogP contribution in [-0.4, -0.2) is 37.6 Å². The minimum absolute atomic E-state index is 0.877. The van der Waals surface area contributed by atoms with Crippen molar-refractivity contribution in [3.63, 3.8) is 0 Å². The minimum Gasteiger partial charge on any atom is -0.316 e. The van der Waals surface area contributed by atoms with Crippen LogP contribution in [0, 0.1) is 11.8 Å². The largest absolute Gasteiger partial charge is 0.316 e. The Morgan fingerprint density at radius 1 is 1.11 bits per heavy atom. The van der Waals surface area contributed by atoms with Crippen molar-refractivity contribution in [2.45, 2.75) is 6.42 Å². The van der Waals surface area contributed by atoms with E-state index in [0.29, 0.717) is 0 Å². The highest BCUT2D eigenvalue weighted by atomic mass is 15.1. The fourth-order valence-electron chi connectivity index (χ4n) is 3.26. The predicted octanol–water partition coefficient (Wildman–Crippen LogP) is 2.24. The Bertz CT molecular complexity index is 387. The molecule has 1 aromatic carbocycles. The Kier molecular flexibility index (Phi) is 3.77. The molecule has 2 heterocycles. The van der Waals surface area contributed by atoms with Crippen LogP contribution in [0.5, 0.6) is 0 Å². The average molecular weight is 242 g/mol. The maximum absolute atomic E-state index is 3.54. The third-order valence-electron chi connectivity index (χ3n) is 4.04. The monoisotopic (exact) mass is 242 g/mol.